The van der Waals surface area contributed by atoms with Crippen LogP contribution in [0.15, 0.2) is 47.8 Å². The molecule has 0 aliphatic carbocycles. The third-order valence-corrected chi connectivity index (χ3v) is 5.13. The van der Waals surface area contributed by atoms with Gasteiger partial charge in [0.15, 0.2) is 0 Å². The first-order chi connectivity index (χ1) is 11.2. The van der Waals surface area contributed by atoms with Gasteiger partial charge in [-0.1, -0.05) is 30.3 Å². The number of rotatable bonds is 5. The molecule has 0 aliphatic heterocycles. The lowest BCUT2D eigenvalue weighted by atomic mass is 10.2. The van der Waals surface area contributed by atoms with Crippen LogP contribution in [0.2, 0.25) is 0 Å². The fourth-order valence-electron chi connectivity index (χ4n) is 2.10. The molecule has 2 aromatic heterocycles. The van der Waals surface area contributed by atoms with Crippen molar-refractivity contribution in [2.75, 3.05) is 0 Å². The van der Waals surface area contributed by atoms with Crippen molar-refractivity contribution >= 4 is 28.7 Å². The van der Waals surface area contributed by atoms with Gasteiger partial charge in [-0.25, -0.2) is 9.78 Å². The summed E-state index contributed by atoms with van der Waals surface area (Å²) in [6.07, 6.45) is 0. The van der Waals surface area contributed by atoms with Crippen molar-refractivity contribution in [1.82, 2.24) is 15.6 Å². The largest absolute Gasteiger partial charge is 0.334 e. The molecule has 0 atom stereocenters. The van der Waals surface area contributed by atoms with E-state index in [1.807, 2.05) is 43.3 Å². The average molecular weight is 343 g/mol. The number of amides is 2. The van der Waals surface area contributed by atoms with Gasteiger partial charge in [0.1, 0.15) is 0 Å². The molecular formula is C17H17N3OS2. The van der Waals surface area contributed by atoms with Crippen molar-refractivity contribution in [1.29, 1.82) is 0 Å². The highest BCUT2D eigenvalue weighted by Crippen LogP contribution is 2.28. The van der Waals surface area contributed by atoms with Crippen LogP contribution in [-0.2, 0) is 13.1 Å². The normalized spacial score (nSPS) is 10.5. The zero-order chi connectivity index (χ0) is 16.1. The summed E-state index contributed by atoms with van der Waals surface area (Å²) in [7, 11) is 0. The van der Waals surface area contributed by atoms with Crippen LogP contribution in [0, 0.1) is 6.92 Å². The Labute approximate surface area is 143 Å². The van der Waals surface area contributed by atoms with E-state index in [2.05, 4.69) is 27.1 Å². The predicted octanol–water partition coefficient (Wildman–Crippen LogP) is 4.18. The molecule has 6 heteroatoms. The van der Waals surface area contributed by atoms with Gasteiger partial charge in [0.25, 0.3) is 0 Å². The molecule has 2 N–H and O–H groups in total. The molecule has 0 spiro atoms. The first-order valence-electron chi connectivity index (χ1n) is 7.27. The maximum atomic E-state index is 11.8. The first kappa shape index (κ1) is 15.7. The Morgan fingerprint density at radius 3 is 2.61 bits per heavy atom. The molecule has 0 unspecified atom stereocenters. The molecule has 3 rings (SSSR count). The summed E-state index contributed by atoms with van der Waals surface area (Å²) in [6, 6.07) is 13.8. The van der Waals surface area contributed by atoms with Gasteiger partial charge < -0.3 is 10.6 Å². The number of hydrogen-bond acceptors (Lipinski definition) is 4. The summed E-state index contributed by atoms with van der Waals surface area (Å²) in [5.74, 6) is 0. The quantitative estimate of drug-likeness (QED) is 0.730. The Kier molecular flexibility index (Phi) is 5.05. The number of urea groups is 1. The van der Waals surface area contributed by atoms with E-state index in [0.717, 1.165) is 26.0 Å². The second-order valence-electron chi connectivity index (χ2n) is 5.04. The molecule has 0 saturated heterocycles. The number of aromatic nitrogens is 1. The molecule has 118 valence electrons. The Morgan fingerprint density at radius 2 is 1.87 bits per heavy atom. The number of benzene rings is 1. The smallest absolute Gasteiger partial charge is 0.315 e. The van der Waals surface area contributed by atoms with E-state index in [1.165, 1.54) is 0 Å². The lowest BCUT2D eigenvalue weighted by Crippen LogP contribution is -2.34. The van der Waals surface area contributed by atoms with Crippen molar-refractivity contribution in [3.05, 3.63) is 63.3 Å². The summed E-state index contributed by atoms with van der Waals surface area (Å²) < 4.78 is 0. The van der Waals surface area contributed by atoms with Crippen molar-refractivity contribution in [2.45, 2.75) is 20.0 Å². The van der Waals surface area contributed by atoms with Crippen LogP contribution in [0.3, 0.4) is 0 Å². The number of carbonyl (C=O) groups is 1. The highest BCUT2D eigenvalue weighted by Gasteiger charge is 2.07. The van der Waals surface area contributed by atoms with Crippen molar-refractivity contribution in [3.8, 4) is 10.6 Å². The molecule has 0 bridgehead atoms. The Bertz CT molecular complexity index is 780. The molecule has 3 aromatic rings. The van der Waals surface area contributed by atoms with Gasteiger partial charge in [0, 0.05) is 16.8 Å². The number of thiophene rings is 1. The van der Waals surface area contributed by atoms with Crippen molar-refractivity contribution in [3.63, 3.8) is 0 Å². The Hall–Kier alpha value is -2.18. The molecular weight excluding hydrogens is 326 g/mol. The van der Waals surface area contributed by atoms with Crippen LogP contribution in [-0.4, -0.2) is 11.0 Å². The molecule has 4 nitrogen and oxygen atoms in total. The van der Waals surface area contributed by atoms with Crippen LogP contribution in [0.25, 0.3) is 10.6 Å². The minimum absolute atomic E-state index is 0.159. The molecule has 2 heterocycles. The van der Waals surface area contributed by atoms with E-state index in [1.54, 1.807) is 22.7 Å². The summed E-state index contributed by atoms with van der Waals surface area (Å²) in [5.41, 5.74) is 2.09. The topological polar surface area (TPSA) is 54.0 Å². The van der Waals surface area contributed by atoms with Crippen LogP contribution in [0.5, 0.6) is 0 Å². The number of nitrogens with zero attached hydrogens (tertiary/aromatic N) is 1. The molecule has 23 heavy (non-hydrogen) atoms. The lowest BCUT2D eigenvalue weighted by molar-refractivity contribution is 0.240. The zero-order valence-corrected chi connectivity index (χ0v) is 14.3. The van der Waals surface area contributed by atoms with Crippen molar-refractivity contribution in [2.24, 2.45) is 0 Å². The van der Waals surface area contributed by atoms with Gasteiger partial charge >= 0.3 is 6.03 Å². The van der Waals surface area contributed by atoms with Crippen LogP contribution < -0.4 is 10.6 Å². The number of carbonyl (C=O) groups excluding carboxylic acids is 1. The van der Waals surface area contributed by atoms with Gasteiger partial charge in [0.05, 0.1) is 22.1 Å². The summed E-state index contributed by atoms with van der Waals surface area (Å²) in [4.78, 5) is 18.6. The van der Waals surface area contributed by atoms with Gasteiger partial charge in [-0.05, 0) is 24.6 Å². The fourth-order valence-corrected chi connectivity index (χ4v) is 3.69. The Balaban J connectivity index is 1.48. The third-order valence-electron chi connectivity index (χ3n) is 3.25. The summed E-state index contributed by atoms with van der Waals surface area (Å²) >= 11 is 3.30. The molecule has 0 saturated carbocycles. The summed E-state index contributed by atoms with van der Waals surface area (Å²) in [5, 5.41) is 8.86. The standard InChI is InChI=1S/C17H17N3OS2/c1-12-20-15(11-22-12)16-8-7-14(23-16)10-19-17(21)18-9-13-5-3-2-4-6-13/h2-8,11H,9-10H2,1H3,(H2,18,19,21). The monoisotopic (exact) mass is 343 g/mol. The number of thiazole rings is 1. The zero-order valence-electron chi connectivity index (χ0n) is 12.7. The van der Waals surface area contributed by atoms with Gasteiger partial charge in [0.2, 0.25) is 0 Å². The highest BCUT2D eigenvalue weighted by atomic mass is 32.1. The van der Waals surface area contributed by atoms with E-state index >= 15 is 0 Å². The van der Waals surface area contributed by atoms with E-state index in [0.29, 0.717) is 13.1 Å². The molecule has 1 aromatic carbocycles. The van der Waals surface area contributed by atoms with Crippen LogP contribution >= 0.6 is 22.7 Å². The Morgan fingerprint density at radius 1 is 1.09 bits per heavy atom. The maximum Gasteiger partial charge on any atom is 0.315 e. The van der Waals surface area contributed by atoms with Gasteiger partial charge in [-0.2, -0.15) is 0 Å². The number of nitrogens with one attached hydrogen (secondary N) is 2. The lowest BCUT2D eigenvalue weighted by Gasteiger charge is -2.06. The first-order valence-corrected chi connectivity index (χ1v) is 8.97. The molecule has 0 aliphatic rings. The second-order valence-corrected chi connectivity index (χ2v) is 7.27. The minimum Gasteiger partial charge on any atom is -0.334 e. The van der Waals surface area contributed by atoms with E-state index in [-0.39, 0.29) is 6.03 Å². The van der Waals surface area contributed by atoms with Crippen LogP contribution in [0.4, 0.5) is 4.79 Å². The van der Waals surface area contributed by atoms with E-state index in [9.17, 15) is 4.79 Å². The third kappa shape index (κ3) is 4.40. The SMILES string of the molecule is Cc1nc(-c2ccc(CNC(=O)NCc3ccccc3)s2)cs1. The number of hydrogen-bond donors (Lipinski definition) is 2. The van der Waals surface area contributed by atoms with Gasteiger partial charge in [-0.15, -0.1) is 22.7 Å². The summed E-state index contributed by atoms with van der Waals surface area (Å²) in [6.45, 7) is 3.05. The molecule has 2 amide bonds. The van der Waals surface area contributed by atoms with Crippen molar-refractivity contribution < 1.29 is 4.79 Å². The molecule has 0 radical (unpaired) electrons. The maximum absolute atomic E-state index is 11.8. The van der Waals surface area contributed by atoms with E-state index < -0.39 is 0 Å². The second kappa shape index (κ2) is 7.39. The van der Waals surface area contributed by atoms with E-state index in [4.69, 9.17) is 0 Å². The average Bonchev–Trinajstić information content (AvgIpc) is 3.20. The number of aryl methyl sites for hydroxylation is 1. The van der Waals surface area contributed by atoms with Crippen LogP contribution in [0.1, 0.15) is 15.4 Å². The van der Waals surface area contributed by atoms with Gasteiger partial charge in [-0.3, -0.25) is 0 Å². The minimum atomic E-state index is -0.159. The molecule has 0 fully saturated rings. The predicted molar refractivity (Wildman–Crippen MR) is 95.7 cm³/mol. The highest BCUT2D eigenvalue weighted by molar-refractivity contribution is 7.16. The fraction of sp³-hybridized carbons (Fsp3) is 0.176.